The molecular weight excluding hydrogens is 446 g/mol. The van der Waals surface area contributed by atoms with E-state index in [4.69, 9.17) is 0 Å². The molecule has 1 heteroatoms. The lowest BCUT2D eigenvalue weighted by molar-refractivity contribution is 0.660. The number of aromatic amines is 1. The molecular formula is C36H29N. The molecule has 2 aliphatic rings. The fraction of sp³-hybridized carbons (Fsp3) is 0.167. The summed E-state index contributed by atoms with van der Waals surface area (Å²) < 4.78 is 0. The van der Waals surface area contributed by atoms with Gasteiger partial charge in [0.2, 0.25) is 0 Å². The molecule has 1 heterocycles. The van der Waals surface area contributed by atoms with Crippen LogP contribution >= 0.6 is 0 Å². The van der Waals surface area contributed by atoms with E-state index in [0.717, 1.165) is 0 Å². The average molecular weight is 476 g/mol. The molecule has 1 aromatic heterocycles. The summed E-state index contributed by atoms with van der Waals surface area (Å²) in [6.07, 6.45) is 0. The van der Waals surface area contributed by atoms with Crippen LogP contribution in [0.1, 0.15) is 49.9 Å². The molecule has 0 atom stereocenters. The molecule has 8 rings (SSSR count). The van der Waals surface area contributed by atoms with Crippen LogP contribution in [0.15, 0.2) is 97.1 Å². The third-order valence-corrected chi connectivity index (χ3v) is 9.20. The maximum Gasteiger partial charge on any atom is 0.0468 e. The number of hydrogen-bond donors (Lipinski definition) is 1. The standard InChI is InChI=1S/C36H29N/c1-35(2)28-11-7-6-10-24(28)26-19-21(13-16-30(26)35)22-14-17-31-27(20-22)33-32(37-31)18-15-25-23-9-5-8-12-29(23)36(3,4)34(25)33/h5-20,37H,1-4H3. The minimum atomic E-state index is -0.0422. The van der Waals surface area contributed by atoms with E-state index in [1.807, 2.05) is 0 Å². The van der Waals surface area contributed by atoms with Crippen molar-refractivity contribution in [1.29, 1.82) is 0 Å². The summed E-state index contributed by atoms with van der Waals surface area (Å²) in [6, 6.07) is 36.4. The lowest BCUT2D eigenvalue weighted by Gasteiger charge is -2.22. The third-order valence-electron chi connectivity index (χ3n) is 9.20. The first-order chi connectivity index (χ1) is 17.9. The Morgan fingerprint density at radius 1 is 0.486 bits per heavy atom. The van der Waals surface area contributed by atoms with Crippen molar-refractivity contribution in [2.75, 3.05) is 0 Å². The van der Waals surface area contributed by atoms with Gasteiger partial charge in [-0.15, -0.1) is 0 Å². The lowest BCUT2D eigenvalue weighted by atomic mass is 9.80. The molecule has 0 fully saturated rings. The molecule has 2 aliphatic carbocycles. The smallest absolute Gasteiger partial charge is 0.0468 e. The minimum Gasteiger partial charge on any atom is -0.355 e. The zero-order chi connectivity index (χ0) is 25.1. The quantitative estimate of drug-likeness (QED) is 0.244. The maximum atomic E-state index is 3.72. The number of aromatic nitrogens is 1. The number of nitrogens with one attached hydrogen (secondary N) is 1. The molecule has 0 bridgehead atoms. The zero-order valence-electron chi connectivity index (χ0n) is 21.7. The predicted molar refractivity (Wildman–Crippen MR) is 156 cm³/mol. The van der Waals surface area contributed by atoms with Gasteiger partial charge in [-0.1, -0.05) is 100 Å². The van der Waals surface area contributed by atoms with Gasteiger partial charge in [0, 0.05) is 32.6 Å². The molecule has 0 amide bonds. The second kappa shape index (κ2) is 6.81. The molecule has 1 nitrogen and oxygen atoms in total. The van der Waals surface area contributed by atoms with Gasteiger partial charge in [-0.3, -0.25) is 0 Å². The van der Waals surface area contributed by atoms with Gasteiger partial charge in [-0.2, -0.15) is 0 Å². The van der Waals surface area contributed by atoms with Gasteiger partial charge in [-0.05, 0) is 79.9 Å². The van der Waals surface area contributed by atoms with Crippen molar-refractivity contribution in [3.63, 3.8) is 0 Å². The van der Waals surface area contributed by atoms with Crippen LogP contribution in [0.3, 0.4) is 0 Å². The topological polar surface area (TPSA) is 15.8 Å². The first kappa shape index (κ1) is 21.0. The van der Waals surface area contributed by atoms with Gasteiger partial charge < -0.3 is 4.98 Å². The number of fused-ring (bicyclic) bond motifs is 10. The van der Waals surface area contributed by atoms with Crippen molar-refractivity contribution in [3.8, 4) is 33.4 Å². The van der Waals surface area contributed by atoms with Crippen molar-refractivity contribution >= 4 is 21.8 Å². The van der Waals surface area contributed by atoms with Crippen molar-refractivity contribution in [3.05, 3.63) is 119 Å². The Morgan fingerprint density at radius 2 is 1.08 bits per heavy atom. The van der Waals surface area contributed by atoms with Crippen molar-refractivity contribution in [2.45, 2.75) is 38.5 Å². The molecule has 0 saturated carbocycles. The highest BCUT2D eigenvalue weighted by Gasteiger charge is 2.38. The summed E-state index contributed by atoms with van der Waals surface area (Å²) in [4.78, 5) is 3.72. The Hall–Kier alpha value is -4.10. The Labute approximate surface area is 217 Å². The summed E-state index contributed by atoms with van der Waals surface area (Å²) in [5.74, 6) is 0. The number of hydrogen-bond acceptors (Lipinski definition) is 0. The summed E-state index contributed by atoms with van der Waals surface area (Å²) in [7, 11) is 0. The van der Waals surface area contributed by atoms with Crippen LogP contribution in [-0.4, -0.2) is 4.98 Å². The van der Waals surface area contributed by atoms with Gasteiger partial charge in [0.15, 0.2) is 0 Å². The first-order valence-corrected chi connectivity index (χ1v) is 13.3. The largest absolute Gasteiger partial charge is 0.355 e. The molecule has 0 saturated heterocycles. The van der Waals surface area contributed by atoms with Crippen LogP contribution < -0.4 is 0 Å². The van der Waals surface area contributed by atoms with E-state index in [1.54, 1.807) is 0 Å². The van der Waals surface area contributed by atoms with Gasteiger partial charge in [-0.25, -0.2) is 0 Å². The van der Waals surface area contributed by atoms with E-state index in [0.29, 0.717) is 0 Å². The van der Waals surface area contributed by atoms with E-state index in [9.17, 15) is 0 Å². The van der Waals surface area contributed by atoms with Crippen LogP contribution in [0.5, 0.6) is 0 Å². The minimum absolute atomic E-state index is 0.0341. The molecule has 1 N–H and O–H groups in total. The van der Waals surface area contributed by atoms with Crippen LogP contribution in [-0.2, 0) is 10.8 Å². The summed E-state index contributed by atoms with van der Waals surface area (Å²) in [5.41, 5.74) is 16.1. The van der Waals surface area contributed by atoms with Crippen LogP contribution in [0.25, 0.3) is 55.2 Å². The predicted octanol–water partition coefficient (Wildman–Crippen LogP) is 9.60. The van der Waals surface area contributed by atoms with E-state index in [1.165, 1.54) is 77.4 Å². The molecule has 0 spiro atoms. The molecule has 0 aliphatic heterocycles. The van der Waals surface area contributed by atoms with Crippen molar-refractivity contribution in [2.24, 2.45) is 0 Å². The number of H-pyrrole nitrogens is 1. The fourth-order valence-corrected chi connectivity index (χ4v) is 7.34. The van der Waals surface area contributed by atoms with Crippen molar-refractivity contribution in [1.82, 2.24) is 4.98 Å². The molecule has 0 radical (unpaired) electrons. The van der Waals surface area contributed by atoms with Gasteiger partial charge in [0.25, 0.3) is 0 Å². The van der Waals surface area contributed by atoms with E-state index in [-0.39, 0.29) is 10.8 Å². The molecule has 6 aromatic rings. The summed E-state index contributed by atoms with van der Waals surface area (Å²) >= 11 is 0. The Bertz CT molecular complexity index is 1930. The van der Waals surface area contributed by atoms with Crippen LogP contribution in [0.4, 0.5) is 0 Å². The second-order valence-corrected chi connectivity index (χ2v) is 11.9. The van der Waals surface area contributed by atoms with Crippen LogP contribution in [0.2, 0.25) is 0 Å². The molecule has 178 valence electrons. The highest BCUT2D eigenvalue weighted by atomic mass is 14.7. The monoisotopic (exact) mass is 475 g/mol. The van der Waals surface area contributed by atoms with E-state index in [2.05, 4.69) is 130 Å². The SMILES string of the molecule is CC1(C)c2ccccc2-c2cc(-c3ccc4[nH]c5ccc6c(c5c4c3)C(C)(C)c3ccccc3-6)ccc21. The highest BCUT2D eigenvalue weighted by molar-refractivity contribution is 6.13. The highest BCUT2D eigenvalue weighted by Crippen LogP contribution is 2.53. The fourth-order valence-electron chi connectivity index (χ4n) is 7.34. The van der Waals surface area contributed by atoms with Crippen molar-refractivity contribution < 1.29 is 0 Å². The lowest BCUT2D eigenvalue weighted by Crippen LogP contribution is -2.15. The van der Waals surface area contributed by atoms with Gasteiger partial charge in [0.05, 0.1) is 0 Å². The zero-order valence-corrected chi connectivity index (χ0v) is 21.7. The van der Waals surface area contributed by atoms with Crippen LogP contribution in [0, 0.1) is 0 Å². The van der Waals surface area contributed by atoms with E-state index < -0.39 is 0 Å². The van der Waals surface area contributed by atoms with Gasteiger partial charge in [0.1, 0.15) is 0 Å². The molecule has 0 unspecified atom stereocenters. The Morgan fingerprint density at radius 3 is 1.86 bits per heavy atom. The molecule has 5 aromatic carbocycles. The third kappa shape index (κ3) is 2.59. The number of benzene rings is 5. The van der Waals surface area contributed by atoms with Gasteiger partial charge >= 0.3 is 0 Å². The normalized spacial score (nSPS) is 16.0. The average Bonchev–Trinajstić information content (AvgIpc) is 3.48. The second-order valence-electron chi connectivity index (χ2n) is 11.9. The molecule has 37 heavy (non-hydrogen) atoms. The summed E-state index contributed by atoms with van der Waals surface area (Å²) in [6.45, 7) is 9.43. The Balaban J connectivity index is 1.36. The maximum absolute atomic E-state index is 3.72. The summed E-state index contributed by atoms with van der Waals surface area (Å²) in [5, 5.41) is 2.68. The first-order valence-electron chi connectivity index (χ1n) is 13.3. The number of rotatable bonds is 1. The Kier molecular flexibility index (Phi) is 3.87. The van der Waals surface area contributed by atoms with E-state index >= 15 is 0 Å².